The van der Waals surface area contributed by atoms with Crippen LogP contribution in [0.2, 0.25) is 0 Å². The van der Waals surface area contributed by atoms with Gasteiger partial charge >= 0.3 is 0 Å². The van der Waals surface area contributed by atoms with E-state index in [0.717, 1.165) is 0 Å². The highest BCUT2D eigenvalue weighted by Gasteiger charge is 2.35. The van der Waals surface area contributed by atoms with Crippen LogP contribution in [0.15, 0.2) is 17.0 Å². The molecule has 0 aliphatic carbocycles. The van der Waals surface area contributed by atoms with Gasteiger partial charge in [-0.15, -0.1) is 0 Å². The second-order valence-electron chi connectivity index (χ2n) is 5.39. The summed E-state index contributed by atoms with van der Waals surface area (Å²) < 4.78 is 33.2. The van der Waals surface area contributed by atoms with Crippen LogP contribution < -0.4 is 10.5 Å². The second kappa shape index (κ2) is 4.77. The summed E-state index contributed by atoms with van der Waals surface area (Å²) in [6.45, 7) is 6.33. The van der Waals surface area contributed by atoms with Gasteiger partial charge in [0.15, 0.2) is 0 Å². The minimum absolute atomic E-state index is 0.278. The largest absolute Gasteiger partial charge is 0.398 e. The number of hydrogen-bond acceptors (Lipinski definition) is 4. The number of sulfonamides is 1. The summed E-state index contributed by atoms with van der Waals surface area (Å²) in [6.07, 6.45) is 0.673. The Kier molecular flexibility index (Phi) is 3.59. The molecule has 0 spiro atoms. The van der Waals surface area contributed by atoms with Gasteiger partial charge in [0.1, 0.15) is 0 Å². The van der Waals surface area contributed by atoms with Crippen LogP contribution in [0.25, 0.3) is 0 Å². The van der Waals surface area contributed by atoms with E-state index in [-0.39, 0.29) is 4.90 Å². The molecular weight excluding hydrogens is 264 g/mol. The summed E-state index contributed by atoms with van der Waals surface area (Å²) in [5.74, 6) is 0. The van der Waals surface area contributed by atoms with Crippen LogP contribution >= 0.6 is 0 Å². The van der Waals surface area contributed by atoms with Crippen molar-refractivity contribution < 1.29 is 13.2 Å². The summed E-state index contributed by atoms with van der Waals surface area (Å²) in [6, 6.07) is 3.45. The Morgan fingerprint density at radius 1 is 1.37 bits per heavy atom. The van der Waals surface area contributed by atoms with Crippen LogP contribution in [0, 0.1) is 13.8 Å². The molecule has 1 aliphatic heterocycles. The van der Waals surface area contributed by atoms with Gasteiger partial charge in [0.05, 0.1) is 17.0 Å². The topological polar surface area (TPSA) is 81.4 Å². The fraction of sp³-hybridized carbons (Fsp3) is 0.538. The van der Waals surface area contributed by atoms with E-state index in [1.807, 2.05) is 6.92 Å². The molecule has 1 aromatic rings. The van der Waals surface area contributed by atoms with Crippen molar-refractivity contribution in [1.29, 1.82) is 0 Å². The number of rotatable bonds is 3. The maximum Gasteiger partial charge on any atom is 0.241 e. The molecule has 0 aromatic heterocycles. The fourth-order valence-electron chi connectivity index (χ4n) is 2.38. The molecule has 5 nitrogen and oxygen atoms in total. The number of hydrogen-bond donors (Lipinski definition) is 2. The number of nitrogens with one attached hydrogen (secondary N) is 1. The first-order chi connectivity index (χ1) is 8.75. The molecule has 1 fully saturated rings. The van der Waals surface area contributed by atoms with Gasteiger partial charge in [0.2, 0.25) is 10.0 Å². The summed E-state index contributed by atoms with van der Waals surface area (Å²) in [4.78, 5) is 0.278. The van der Waals surface area contributed by atoms with Crippen LogP contribution in [0.3, 0.4) is 0 Å². The quantitative estimate of drug-likeness (QED) is 0.821. The predicted molar refractivity (Wildman–Crippen MR) is 74.5 cm³/mol. The summed E-state index contributed by atoms with van der Waals surface area (Å²) in [5, 5.41) is 0. The molecule has 1 atom stereocenters. The lowest BCUT2D eigenvalue weighted by atomic mass is 10.0. The Balaban J connectivity index is 2.43. The van der Waals surface area contributed by atoms with E-state index in [0.29, 0.717) is 36.4 Å². The maximum atomic E-state index is 12.6. The van der Waals surface area contributed by atoms with Gasteiger partial charge in [-0.1, -0.05) is 6.07 Å². The maximum absolute atomic E-state index is 12.6. The molecule has 1 aliphatic rings. The predicted octanol–water partition coefficient (Wildman–Crippen LogP) is 1.34. The van der Waals surface area contributed by atoms with Crippen LogP contribution in [0.4, 0.5) is 5.69 Å². The molecule has 106 valence electrons. The van der Waals surface area contributed by atoms with Crippen LogP contribution in [-0.2, 0) is 14.8 Å². The van der Waals surface area contributed by atoms with E-state index in [1.54, 1.807) is 26.0 Å². The van der Waals surface area contributed by atoms with Gasteiger partial charge in [0, 0.05) is 12.3 Å². The lowest BCUT2D eigenvalue weighted by Gasteiger charge is -2.24. The molecule has 19 heavy (non-hydrogen) atoms. The standard InChI is InChI=1S/C13H20N2O3S/c1-9-4-5-11(14)10(2)12(9)19(16,17)15-13(3)6-7-18-8-13/h4-5,15H,6-8,14H2,1-3H3. The van der Waals surface area contributed by atoms with Crippen molar-refractivity contribution in [2.24, 2.45) is 0 Å². The average molecular weight is 284 g/mol. The summed E-state index contributed by atoms with van der Waals surface area (Å²) >= 11 is 0. The van der Waals surface area contributed by atoms with Gasteiger partial charge in [0.25, 0.3) is 0 Å². The molecule has 0 amide bonds. The molecule has 6 heteroatoms. The van der Waals surface area contributed by atoms with Gasteiger partial charge in [-0.2, -0.15) is 0 Å². The smallest absolute Gasteiger partial charge is 0.241 e. The first-order valence-electron chi connectivity index (χ1n) is 6.23. The van der Waals surface area contributed by atoms with Crippen molar-refractivity contribution >= 4 is 15.7 Å². The normalized spacial score (nSPS) is 23.7. The van der Waals surface area contributed by atoms with Gasteiger partial charge < -0.3 is 10.5 Å². The SMILES string of the molecule is Cc1ccc(N)c(C)c1S(=O)(=O)NC1(C)CCOC1. The van der Waals surface area contributed by atoms with Crippen molar-refractivity contribution in [1.82, 2.24) is 4.72 Å². The van der Waals surface area contributed by atoms with Gasteiger partial charge in [-0.25, -0.2) is 13.1 Å². The first kappa shape index (κ1) is 14.3. The molecule has 0 radical (unpaired) electrons. The third-order valence-electron chi connectivity index (χ3n) is 3.51. The van der Waals surface area contributed by atoms with Crippen LogP contribution in [-0.4, -0.2) is 27.2 Å². The Labute approximate surface area is 114 Å². The van der Waals surface area contributed by atoms with Crippen molar-refractivity contribution in [3.63, 3.8) is 0 Å². The number of ether oxygens (including phenoxy) is 1. The minimum atomic E-state index is -3.60. The van der Waals surface area contributed by atoms with Crippen molar-refractivity contribution in [2.75, 3.05) is 18.9 Å². The minimum Gasteiger partial charge on any atom is -0.398 e. The van der Waals surface area contributed by atoms with Crippen LogP contribution in [0.1, 0.15) is 24.5 Å². The average Bonchev–Trinajstić information content (AvgIpc) is 2.69. The van der Waals surface area contributed by atoms with E-state index in [2.05, 4.69) is 4.72 Å². The van der Waals surface area contributed by atoms with E-state index in [4.69, 9.17) is 10.5 Å². The molecule has 1 saturated heterocycles. The fourth-order valence-corrected chi connectivity index (χ4v) is 4.30. The summed E-state index contributed by atoms with van der Waals surface area (Å²) in [7, 11) is -3.60. The van der Waals surface area contributed by atoms with Gasteiger partial charge in [-0.3, -0.25) is 0 Å². The third-order valence-corrected chi connectivity index (χ3v) is 5.44. The Hall–Kier alpha value is -1.11. The number of nitrogen functional groups attached to an aromatic ring is 1. The zero-order valence-electron chi connectivity index (χ0n) is 11.5. The van der Waals surface area contributed by atoms with E-state index >= 15 is 0 Å². The first-order valence-corrected chi connectivity index (χ1v) is 7.71. The molecular formula is C13H20N2O3S. The highest BCUT2D eigenvalue weighted by Crippen LogP contribution is 2.27. The second-order valence-corrected chi connectivity index (χ2v) is 7.01. The zero-order chi connectivity index (χ0) is 14.3. The van der Waals surface area contributed by atoms with Gasteiger partial charge in [-0.05, 0) is 44.4 Å². The lowest BCUT2D eigenvalue weighted by Crippen LogP contribution is -2.46. The van der Waals surface area contributed by atoms with Crippen molar-refractivity contribution in [3.8, 4) is 0 Å². The molecule has 1 heterocycles. The number of anilines is 1. The lowest BCUT2D eigenvalue weighted by molar-refractivity contribution is 0.178. The van der Waals surface area contributed by atoms with E-state index in [1.165, 1.54) is 0 Å². The number of nitrogens with two attached hydrogens (primary N) is 1. The zero-order valence-corrected chi connectivity index (χ0v) is 12.3. The molecule has 1 unspecified atom stereocenters. The molecule has 3 N–H and O–H groups in total. The van der Waals surface area contributed by atoms with Crippen LogP contribution in [0.5, 0.6) is 0 Å². The highest BCUT2D eigenvalue weighted by molar-refractivity contribution is 7.89. The van der Waals surface area contributed by atoms with E-state index in [9.17, 15) is 8.42 Å². The molecule has 1 aromatic carbocycles. The molecule has 0 bridgehead atoms. The Morgan fingerprint density at radius 3 is 2.63 bits per heavy atom. The monoisotopic (exact) mass is 284 g/mol. The summed E-state index contributed by atoms with van der Waals surface area (Å²) in [5.41, 5.74) is 7.04. The third kappa shape index (κ3) is 2.75. The Morgan fingerprint density at radius 2 is 2.05 bits per heavy atom. The molecule has 0 saturated carbocycles. The molecule has 2 rings (SSSR count). The Bertz CT molecular complexity index is 590. The van der Waals surface area contributed by atoms with Crippen molar-refractivity contribution in [2.45, 2.75) is 37.6 Å². The number of benzene rings is 1. The highest BCUT2D eigenvalue weighted by atomic mass is 32.2. The van der Waals surface area contributed by atoms with E-state index < -0.39 is 15.6 Å². The number of aryl methyl sites for hydroxylation is 1. The van der Waals surface area contributed by atoms with Crippen molar-refractivity contribution in [3.05, 3.63) is 23.3 Å².